The Kier molecular flexibility index (Phi) is 3.71. The van der Waals surface area contributed by atoms with Crippen LogP contribution in [0.4, 0.5) is 0 Å². The van der Waals surface area contributed by atoms with Gasteiger partial charge in [-0.1, -0.05) is 18.2 Å². The van der Waals surface area contributed by atoms with Crippen molar-refractivity contribution in [1.82, 2.24) is 14.9 Å². The summed E-state index contributed by atoms with van der Waals surface area (Å²) in [5, 5.41) is 6.61. The standard InChI is InChI=1S/C22H22N4O3/c1-13-8-9-14(29-13)11-23-25-12-19(27)26-18(21(25)28)10-16-15-6-4-5-7-17(15)24-20(16)22(26,2)3/h4-9,11,18,24H,10,12H2,1-3H3/b23-11+. The van der Waals surface area contributed by atoms with Gasteiger partial charge in [0.15, 0.2) is 0 Å². The highest BCUT2D eigenvalue weighted by Gasteiger charge is 2.51. The van der Waals surface area contributed by atoms with Gasteiger partial charge in [0.05, 0.1) is 11.8 Å². The molecule has 1 atom stereocenters. The maximum Gasteiger partial charge on any atom is 0.266 e. The number of furan rings is 1. The molecule has 7 heteroatoms. The van der Waals surface area contributed by atoms with Crippen molar-refractivity contribution < 1.29 is 14.0 Å². The molecule has 0 radical (unpaired) electrons. The molecule has 4 heterocycles. The van der Waals surface area contributed by atoms with Crippen LogP contribution >= 0.6 is 0 Å². The summed E-state index contributed by atoms with van der Waals surface area (Å²) in [6.07, 6.45) is 1.96. The van der Waals surface area contributed by atoms with Gasteiger partial charge in [-0.3, -0.25) is 9.59 Å². The Labute approximate surface area is 168 Å². The molecular weight excluding hydrogens is 368 g/mol. The molecule has 0 bridgehead atoms. The highest BCUT2D eigenvalue weighted by Crippen LogP contribution is 2.42. The van der Waals surface area contributed by atoms with Gasteiger partial charge >= 0.3 is 0 Å². The number of nitrogens with one attached hydrogen (secondary N) is 1. The van der Waals surface area contributed by atoms with Crippen LogP contribution in [0.2, 0.25) is 0 Å². The van der Waals surface area contributed by atoms with E-state index in [0.29, 0.717) is 12.2 Å². The number of benzene rings is 1. The van der Waals surface area contributed by atoms with E-state index in [0.717, 1.165) is 27.9 Å². The highest BCUT2D eigenvalue weighted by atomic mass is 16.3. The lowest BCUT2D eigenvalue weighted by Crippen LogP contribution is -2.66. The molecule has 1 aromatic carbocycles. The van der Waals surface area contributed by atoms with Crippen LogP contribution in [0.1, 0.15) is 36.6 Å². The number of aryl methyl sites for hydroxylation is 1. The number of piperazine rings is 1. The number of hydrogen-bond acceptors (Lipinski definition) is 4. The molecule has 2 aliphatic heterocycles. The van der Waals surface area contributed by atoms with Gasteiger partial charge in [0, 0.05) is 23.0 Å². The second-order valence-corrected chi connectivity index (χ2v) is 8.16. The number of rotatable bonds is 2. The number of para-hydroxylation sites is 1. The largest absolute Gasteiger partial charge is 0.460 e. The van der Waals surface area contributed by atoms with E-state index in [1.807, 2.05) is 45.0 Å². The van der Waals surface area contributed by atoms with Gasteiger partial charge in [0.1, 0.15) is 24.1 Å². The number of carbonyl (C=O) groups is 2. The number of carbonyl (C=O) groups excluding carboxylic acids is 2. The van der Waals surface area contributed by atoms with E-state index < -0.39 is 11.6 Å². The van der Waals surface area contributed by atoms with E-state index in [1.165, 1.54) is 11.2 Å². The summed E-state index contributed by atoms with van der Waals surface area (Å²) in [5.74, 6) is 1.03. The molecule has 1 saturated heterocycles. The predicted molar refractivity (Wildman–Crippen MR) is 108 cm³/mol. The highest BCUT2D eigenvalue weighted by molar-refractivity contribution is 5.98. The van der Waals surface area contributed by atoms with Crippen molar-refractivity contribution >= 4 is 28.9 Å². The van der Waals surface area contributed by atoms with Crippen molar-refractivity contribution in [1.29, 1.82) is 0 Å². The Morgan fingerprint density at radius 2 is 2.00 bits per heavy atom. The first-order valence-electron chi connectivity index (χ1n) is 9.70. The average molecular weight is 390 g/mol. The van der Waals surface area contributed by atoms with Gasteiger partial charge in [-0.25, -0.2) is 5.01 Å². The molecule has 5 rings (SSSR count). The minimum Gasteiger partial charge on any atom is -0.460 e. The zero-order valence-corrected chi connectivity index (χ0v) is 16.6. The Balaban J connectivity index is 1.53. The zero-order valence-electron chi connectivity index (χ0n) is 16.6. The van der Waals surface area contributed by atoms with E-state index in [-0.39, 0.29) is 18.4 Å². The second-order valence-electron chi connectivity index (χ2n) is 8.16. The van der Waals surface area contributed by atoms with Crippen LogP contribution < -0.4 is 0 Å². The maximum atomic E-state index is 13.3. The van der Waals surface area contributed by atoms with Crippen molar-refractivity contribution in [3.05, 3.63) is 59.2 Å². The fourth-order valence-corrected chi connectivity index (χ4v) is 4.61. The summed E-state index contributed by atoms with van der Waals surface area (Å²) in [5.41, 5.74) is 2.51. The van der Waals surface area contributed by atoms with Gasteiger partial charge in [-0.05, 0) is 44.5 Å². The zero-order chi connectivity index (χ0) is 20.3. The quantitative estimate of drug-likeness (QED) is 0.683. The Bertz CT molecular complexity index is 1170. The third-order valence-electron chi connectivity index (χ3n) is 5.92. The Hall–Kier alpha value is -3.35. The summed E-state index contributed by atoms with van der Waals surface area (Å²) in [6, 6.07) is 11.1. The summed E-state index contributed by atoms with van der Waals surface area (Å²) >= 11 is 0. The lowest BCUT2D eigenvalue weighted by molar-refractivity contribution is -0.163. The molecule has 0 aliphatic carbocycles. The first kappa shape index (κ1) is 17.7. The number of H-pyrrole nitrogens is 1. The molecule has 2 aromatic heterocycles. The third kappa shape index (κ3) is 2.61. The van der Waals surface area contributed by atoms with E-state index in [4.69, 9.17) is 4.42 Å². The SMILES string of the molecule is Cc1ccc(/C=N/N2CC(=O)N3C(Cc4c([nH]c5ccccc45)C3(C)C)C2=O)o1. The van der Waals surface area contributed by atoms with Crippen molar-refractivity contribution in [2.45, 2.75) is 38.8 Å². The topological polar surface area (TPSA) is 81.9 Å². The van der Waals surface area contributed by atoms with E-state index in [9.17, 15) is 9.59 Å². The number of nitrogens with zero attached hydrogens (tertiary/aromatic N) is 3. The van der Waals surface area contributed by atoms with Gasteiger partial charge in [0.25, 0.3) is 5.91 Å². The number of hydrogen-bond donors (Lipinski definition) is 1. The number of hydrazone groups is 1. The number of aromatic amines is 1. The minimum absolute atomic E-state index is 0.0789. The maximum absolute atomic E-state index is 13.3. The molecule has 1 N–H and O–H groups in total. The van der Waals surface area contributed by atoms with Crippen LogP contribution in [-0.2, 0) is 21.5 Å². The fourth-order valence-electron chi connectivity index (χ4n) is 4.61. The van der Waals surface area contributed by atoms with Gasteiger partial charge in [-0.15, -0.1) is 0 Å². The van der Waals surface area contributed by atoms with E-state index >= 15 is 0 Å². The molecule has 0 saturated carbocycles. The molecule has 1 unspecified atom stereocenters. The molecule has 1 fully saturated rings. The second kappa shape index (κ2) is 6.07. The summed E-state index contributed by atoms with van der Waals surface area (Å²) in [4.78, 5) is 31.5. The third-order valence-corrected chi connectivity index (χ3v) is 5.92. The average Bonchev–Trinajstić information content (AvgIpc) is 3.27. The van der Waals surface area contributed by atoms with Crippen molar-refractivity contribution in [2.24, 2.45) is 5.10 Å². The van der Waals surface area contributed by atoms with E-state index in [2.05, 4.69) is 16.2 Å². The van der Waals surface area contributed by atoms with Gasteiger partial charge in [0.2, 0.25) is 5.91 Å². The molecule has 148 valence electrons. The number of amides is 2. The lowest BCUT2D eigenvalue weighted by Gasteiger charge is -2.50. The van der Waals surface area contributed by atoms with Crippen LogP contribution in [0, 0.1) is 6.92 Å². The summed E-state index contributed by atoms with van der Waals surface area (Å²) in [7, 11) is 0. The first-order valence-corrected chi connectivity index (χ1v) is 9.70. The number of fused-ring (bicyclic) bond motifs is 4. The van der Waals surface area contributed by atoms with Crippen LogP contribution in [0.15, 0.2) is 45.9 Å². The summed E-state index contributed by atoms with van der Waals surface area (Å²) in [6.45, 7) is 5.74. The van der Waals surface area contributed by atoms with Crippen LogP contribution in [0.3, 0.4) is 0 Å². The van der Waals surface area contributed by atoms with Crippen molar-refractivity contribution in [2.75, 3.05) is 6.54 Å². The predicted octanol–water partition coefficient (Wildman–Crippen LogP) is 2.93. The Morgan fingerprint density at radius 3 is 2.76 bits per heavy atom. The molecular formula is C22H22N4O3. The van der Waals surface area contributed by atoms with Crippen molar-refractivity contribution in [3.8, 4) is 0 Å². The molecule has 7 nitrogen and oxygen atoms in total. The molecule has 2 amide bonds. The van der Waals surface area contributed by atoms with Crippen LogP contribution in [0.25, 0.3) is 10.9 Å². The van der Waals surface area contributed by atoms with Crippen LogP contribution in [-0.4, -0.2) is 45.5 Å². The monoisotopic (exact) mass is 390 g/mol. The van der Waals surface area contributed by atoms with Crippen LogP contribution in [0.5, 0.6) is 0 Å². The Morgan fingerprint density at radius 1 is 1.21 bits per heavy atom. The van der Waals surface area contributed by atoms with Crippen molar-refractivity contribution in [3.63, 3.8) is 0 Å². The molecule has 29 heavy (non-hydrogen) atoms. The van der Waals surface area contributed by atoms with Gasteiger partial charge in [-0.2, -0.15) is 5.10 Å². The smallest absolute Gasteiger partial charge is 0.266 e. The summed E-state index contributed by atoms with van der Waals surface area (Å²) < 4.78 is 5.47. The number of aromatic nitrogens is 1. The minimum atomic E-state index is -0.613. The molecule has 2 aliphatic rings. The molecule has 0 spiro atoms. The first-order chi connectivity index (χ1) is 13.9. The lowest BCUT2D eigenvalue weighted by atomic mass is 9.82. The van der Waals surface area contributed by atoms with Gasteiger partial charge < -0.3 is 14.3 Å². The van der Waals surface area contributed by atoms with E-state index in [1.54, 1.807) is 11.0 Å². The fraction of sp³-hybridized carbons (Fsp3) is 0.318. The normalized spacial score (nSPS) is 21.1. The molecule has 3 aromatic rings.